The first-order valence-electron chi connectivity index (χ1n) is 4.67. The molecule has 17 heavy (non-hydrogen) atoms. The Morgan fingerprint density at radius 3 is 2.47 bits per heavy atom. The molecule has 2 rings (SSSR count). The van der Waals surface area contributed by atoms with Crippen molar-refractivity contribution < 1.29 is 18.4 Å². The number of hydrogen-bond acceptors (Lipinski definition) is 3. The highest BCUT2D eigenvalue weighted by molar-refractivity contribution is 6.02. The van der Waals surface area contributed by atoms with E-state index in [9.17, 15) is 18.4 Å². The summed E-state index contributed by atoms with van der Waals surface area (Å²) >= 11 is 0. The average molecular weight is 239 g/mol. The maximum Gasteiger partial charge on any atom is 0.344 e. The van der Waals surface area contributed by atoms with Crippen LogP contribution >= 0.6 is 0 Å². The zero-order valence-corrected chi connectivity index (χ0v) is 8.48. The Morgan fingerprint density at radius 1 is 1.29 bits per heavy atom. The number of hydrogen-bond donors (Lipinski definition) is 1. The number of rotatable bonds is 2. The summed E-state index contributed by atoms with van der Waals surface area (Å²) in [6.45, 7) is -0.259. The van der Waals surface area contributed by atoms with Gasteiger partial charge in [0.1, 0.15) is 18.2 Å². The second-order valence-electron chi connectivity index (χ2n) is 3.29. The number of imide groups is 1. The lowest BCUT2D eigenvalue weighted by atomic mass is 10.2. The number of hydrazone groups is 1. The van der Waals surface area contributed by atoms with Crippen LogP contribution in [0.1, 0.15) is 5.56 Å². The van der Waals surface area contributed by atoms with E-state index < -0.39 is 23.6 Å². The molecule has 1 fully saturated rings. The first-order chi connectivity index (χ1) is 8.08. The Kier molecular flexibility index (Phi) is 2.82. The number of benzene rings is 1. The minimum atomic E-state index is -0.792. The fourth-order valence-corrected chi connectivity index (χ4v) is 1.29. The van der Waals surface area contributed by atoms with Gasteiger partial charge in [-0.05, 0) is 12.1 Å². The van der Waals surface area contributed by atoms with E-state index in [4.69, 9.17) is 0 Å². The highest BCUT2D eigenvalue weighted by Crippen LogP contribution is 2.10. The molecule has 7 heteroatoms. The standard InChI is InChI=1S/C10H7F2N3O2/c11-7-2-1-3-8(12)6(7)4-13-15-5-9(16)14-10(15)17/h1-4H,5H2,(H,14,16,17)/b13-4+. The van der Waals surface area contributed by atoms with Crippen LogP contribution in [0.5, 0.6) is 0 Å². The van der Waals surface area contributed by atoms with Crippen LogP contribution in [-0.4, -0.2) is 29.7 Å². The second-order valence-corrected chi connectivity index (χ2v) is 3.29. The number of nitrogens with zero attached hydrogens (tertiary/aromatic N) is 2. The van der Waals surface area contributed by atoms with Crippen molar-refractivity contribution in [2.75, 3.05) is 6.54 Å². The Balaban J connectivity index is 2.21. The summed E-state index contributed by atoms with van der Waals surface area (Å²) in [5.41, 5.74) is -0.361. The largest absolute Gasteiger partial charge is 0.344 e. The fraction of sp³-hybridized carbons (Fsp3) is 0.100. The van der Waals surface area contributed by atoms with E-state index in [1.54, 1.807) is 0 Å². The molecule has 0 bridgehead atoms. The minimum Gasteiger partial charge on any atom is -0.275 e. The molecule has 1 N–H and O–H groups in total. The van der Waals surface area contributed by atoms with Crippen LogP contribution in [0, 0.1) is 11.6 Å². The van der Waals surface area contributed by atoms with Crippen molar-refractivity contribution in [3.8, 4) is 0 Å². The van der Waals surface area contributed by atoms with Gasteiger partial charge < -0.3 is 0 Å². The number of amides is 3. The number of carbonyl (C=O) groups excluding carboxylic acids is 2. The lowest BCUT2D eigenvalue weighted by molar-refractivity contribution is -0.118. The molecule has 5 nitrogen and oxygen atoms in total. The van der Waals surface area contributed by atoms with Crippen molar-refractivity contribution in [3.05, 3.63) is 35.4 Å². The summed E-state index contributed by atoms with van der Waals surface area (Å²) in [5.74, 6) is -2.10. The average Bonchev–Trinajstić information content (AvgIpc) is 2.57. The SMILES string of the molecule is O=C1CN(/N=C/c2c(F)cccc2F)C(=O)N1. The zero-order chi connectivity index (χ0) is 12.4. The summed E-state index contributed by atoms with van der Waals surface area (Å²) in [6.07, 6.45) is 0.864. The number of nitrogens with one attached hydrogen (secondary N) is 1. The highest BCUT2D eigenvalue weighted by atomic mass is 19.1. The van der Waals surface area contributed by atoms with Gasteiger partial charge >= 0.3 is 6.03 Å². The van der Waals surface area contributed by atoms with E-state index in [2.05, 4.69) is 5.10 Å². The topological polar surface area (TPSA) is 61.8 Å². The summed E-state index contributed by atoms with van der Waals surface area (Å²) in [5, 5.41) is 6.31. The van der Waals surface area contributed by atoms with Crippen LogP contribution < -0.4 is 5.32 Å². The van der Waals surface area contributed by atoms with Crippen LogP contribution in [0.25, 0.3) is 0 Å². The van der Waals surface area contributed by atoms with Gasteiger partial charge in [-0.3, -0.25) is 10.1 Å². The molecule has 88 valence electrons. The third-order valence-electron chi connectivity index (χ3n) is 2.10. The van der Waals surface area contributed by atoms with Gasteiger partial charge in [0.2, 0.25) is 5.91 Å². The van der Waals surface area contributed by atoms with Gasteiger partial charge in [0.05, 0.1) is 11.8 Å². The molecule has 1 aliphatic heterocycles. The second kappa shape index (κ2) is 4.28. The fourth-order valence-electron chi connectivity index (χ4n) is 1.29. The van der Waals surface area contributed by atoms with Gasteiger partial charge in [0.15, 0.2) is 0 Å². The van der Waals surface area contributed by atoms with Crippen LogP contribution in [0.15, 0.2) is 23.3 Å². The smallest absolute Gasteiger partial charge is 0.275 e. The summed E-state index contributed by atoms with van der Waals surface area (Å²) in [7, 11) is 0. The third kappa shape index (κ3) is 2.27. The monoisotopic (exact) mass is 239 g/mol. The number of urea groups is 1. The Morgan fingerprint density at radius 2 is 1.94 bits per heavy atom. The van der Waals surface area contributed by atoms with Gasteiger partial charge in [0, 0.05) is 0 Å². The molecular weight excluding hydrogens is 232 g/mol. The van der Waals surface area contributed by atoms with E-state index in [0.29, 0.717) is 0 Å². The first kappa shape index (κ1) is 11.2. The molecule has 0 aliphatic carbocycles. The molecular formula is C10H7F2N3O2. The van der Waals surface area contributed by atoms with Crippen molar-refractivity contribution in [3.63, 3.8) is 0 Å². The lowest BCUT2D eigenvalue weighted by Gasteiger charge is -2.04. The molecule has 1 aromatic carbocycles. The molecule has 1 aliphatic rings. The van der Waals surface area contributed by atoms with Gasteiger partial charge in [0.25, 0.3) is 0 Å². The van der Waals surface area contributed by atoms with Gasteiger partial charge in [-0.25, -0.2) is 18.6 Å². The van der Waals surface area contributed by atoms with Crippen molar-refractivity contribution in [1.82, 2.24) is 10.3 Å². The van der Waals surface area contributed by atoms with E-state index in [1.165, 1.54) is 6.07 Å². The minimum absolute atomic E-state index is 0.259. The summed E-state index contributed by atoms with van der Waals surface area (Å²) < 4.78 is 26.4. The predicted octanol–water partition coefficient (Wildman–Crippen LogP) is 0.851. The normalized spacial score (nSPS) is 15.8. The maximum atomic E-state index is 13.2. The van der Waals surface area contributed by atoms with E-state index in [0.717, 1.165) is 23.4 Å². The molecule has 3 amide bonds. The van der Waals surface area contributed by atoms with Crippen molar-refractivity contribution in [1.29, 1.82) is 0 Å². The van der Waals surface area contributed by atoms with Gasteiger partial charge in [-0.15, -0.1) is 0 Å². The summed E-state index contributed by atoms with van der Waals surface area (Å²) in [4.78, 5) is 21.9. The molecule has 0 radical (unpaired) electrons. The molecule has 0 unspecified atom stereocenters. The van der Waals surface area contributed by atoms with Crippen molar-refractivity contribution >= 4 is 18.2 Å². The van der Waals surface area contributed by atoms with E-state index >= 15 is 0 Å². The predicted molar refractivity (Wildman–Crippen MR) is 54.2 cm³/mol. The molecule has 1 saturated heterocycles. The molecule has 0 atom stereocenters. The van der Waals surface area contributed by atoms with E-state index in [1.807, 2.05) is 5.32 Å². The lowest BCUT2D eigenvalue weighted by Crippen LogP contribution is -2.24. The Hall–Kier alpha value is -2.31. The molecule has 0 aromatic heterocycles. The van der Waals surface area contributed by atoms with Gasteiger partial charge in [-0.1, -0.05) is 6.07 Å². The van der Waals surface area contributed by atoms with Crippen LogP contribution in [-0.2, 0) is 4.79 Å². The number of halogens is 2. The molecule has 1 aromatic rings. The quantitative estimate of drug-likeness (QED) is 0.614. The Labute approximate surface area is 94.7 Å². The third-order valence-corrected chi connectivity index (χ3v) is 2.10. The van der Waals surface area contributed by atoms with E-state index in [-0.39, 0.29) is 12.1 Å². The van der Waals surface area contributed by atoms with Crippen LogP contribution in [0.3, 0.4) is 0 Å². The van der Waals surface area contributed by atoms with Crippen molar-refractivity contribution in [2.24, 2.45) is 5.10 Å². The summed E-state index contributed by atoms with van der Waals surface area (Å²) in [6, 6.07) is 2.64. The highest BCUT2D eigenvalue weighted by Gasteiger charge is 2.26. The first-order valence-corrected chi connectivity index (χ1v) is 4.67. The van der Waals surface area contributed by atoms with Crippen LogP contribution in [0.4, 0.5) is 13.6 Å². The molecule has 0 saturated carbocycles. The number of carbonyl (C=O) groups is 2. The molecule has 0 spiro atoms. The van der Waals surface area contributed by atoms with Crippen LogP contribution in [0.2, 0.25) is 0 Å². The van der Waals surface area contributed by atoms with Crippen molar-refractivity contribution in [2.45, 2.75) is 0 Å². The molecule has 1 heterocycles. The Bertz CT molecular complexity index is 496. The zero-order valence-electron chi connectivity index (χ0n) is 8.48. The van der Waals surface area contributed by atoms with Gasteiger partial charge in [-0.2, -0.15) is 5.10 Å². The maximum absolute atomic E-state index is 13.2.